The van der Waals surface area contributed by atoms with Gasteiger partial charge in [-0.15, -0.1) is 0 Å². The number of benzene rings is 1. The van der Waals surface area contributed by atoms with Gasteiger partial charge in [-0.05, 0) is 11.6 Å². The van der Waals surface area contributed by atoms with Gasteiger partial charge in [0.15, 0.2) is 11.5 Å². The van der Waals surface area contributed by atoms with E-state index in [0.29, 0.717) is 17.9 Å². The molecule has 2 aliphatic rings. The van der Waals surface area contributed by atoms with Crippen molar-refractivity contribution < 1.29 is 14.3 Å². The highest BCUT2D eigenvalue weighted by molar-refractivity contribution is 6.01. The molecule has 0 aromatic heterocycles. The Hall–Kier alpha value is -1.71. The van der Waals surface area contributed by atoms with Crippen LogP contribution in [0, 0.1) is 0 Å². The van der Waals surface area contributed by atoms with E-state index in [1.807, 2.05) is 12.1 Å². The molecular formula is C9H7NO3. The van der Waals surface area contributed by atoms with E-state index in [0.717, 1.165) is 11.3 Å². The summed E-state index contributed by atoms with van der Waals surface area (Å²) in [6.45, 7) is 0.238. The van der Waals surface area contributed by atoms with Crippen LogP contribution in [0.3, 0.4) is 0 Å². The minimum atomic E-state index is 0.0129. The summed E-state index contributed by atoms with van der Waals surface area (Å²) in [5.41, 5.74) is 1.76. The smallest absolute Gasteiger partial charge is 0.231 e. The Morgan fingerprint density at radius 2 is 2.23 bits per heavy atom. The first-order valence-corrected chi connectivity index (χ1v) is 4.06. The summed E-state index contributed by atoms with van der Waals surface area (Å²) in [6.07, 6.45) is 0.436. The summed E-state index contributed by atoms with van der Waals surface area (Å²) < 4.78 is 10.4. The highest BCUT2D eigenvalue weighted by atomic mass is 16.7. The molecular weight excluding hydrogens is 170 g/mol. The van der Waals surface area contributed by atoms with Gasteiger partial charge in [0.25, 0.3) is 0 Å². The SMILES string of the molecule is O=C1Cc2ccc3c(c2N1)OCO3. The monoisotopic (exact) mass is 177 g/mol. The number of anilines is 1. The Labute approximate surface area is 74.5 Å². The van der Waals surface area contributed by atoms with Crippen LogP contribution in [0.1, 0.15) is 5.56 Å². The highest BCUT2D eigenvalue weighted by Crippen LogP contribution is 2.43. The van der Waals surface area contributed by atoms with Crippen LogP contribution in [-0.4, -0.2) is 12.7 Å². The van der Waals surface area contributed by atoms with Crippen molar-refractivity contribution in [1.29, 1.82) is 0 Å². The van der Waals surface area contributed by atoms with Crippen LogP contribution < -0.4 is 14.8 Å². The van der Waals surface area contributed by atoms with Crippen molar-refractivity contribution >= 4 is 11.6 Å². The van der Waals surface area contributed by atoms with Crippen molar-refractivity contribution in [2.75, 3.05) is 12.1 Å². The summed E-state index contributed by atoms with van der Waals surface area (Å²) in [7, 11) is 0. The van der Waals surface area contributed by atoms with Crippen molar-refractivity contribution in [3.63, 3.8) is 0 Å². The quantitative estimate of drug-likeness (QED) is 0.640. The molecule has 0 radical (unpaired) electrons. The lowest BCUT2D eigenvalue weighted by Crippen LogP contribution is -2.04. The van der Waals surface area contributed by atoms with Gasteiger partial charge >= 0.3 is 0 Å². The summed E-state index contributed by atoms with van der Waals surface area (Å²) >= 11 is 0. The molecule has 1 amide bonds. The fourth-order valence-electron chi connectivity index (χ4n) is 1.65. The van der Waals surface area contributed by atoms with Crippen LogP contribution in [0.25, 0.3) is 0 Å². The Bertz CT molecular complexity index is 400. The zero-order valence-electron chi connectivity index (χ0n) is 6.79. The summed E-state index contributed by atoms with van der Waals surface area (Å²) in [5.74, 6) is 1.39. The minimum absolute atomic E-state index is 0.0129. The fraction of sp³-hybridized carbons (Fsp3) is 0.222. The minimum Gasteiger partial charge on any atom is -0.454 e. The van der Waals surface area contributed by atoms with E-state index >= 15 is 0 Å². The second kappa shape index (κ2) is 2.16. The van der Waals surface area contributed by atoms with Gasteiger partial charge in [-0.1, -0.05) is 6.07 Å². The Morgan fingerprint density at radius 1 is 1.31 bits per heavy atom. The third-order valence-corrected chi connectivity index (χ3v) is 2.24. The third kappa shape index (κ3) is 0.824. The Kier molecular flexibility index (Phi) is 1.12. The molecule has 4 heteroatoms. The van der Waals surface area contributed by atoms with Gasteiger partial charge in [-0.2, -0.15) is 0 Å². The average molecular weight is 177 g/mol. The lowest BCUT2D eigenvalue weighted by atomic mass is 10.1. The number of amides is 1. The topological polar surface area (TPSA) is 47.6 Å². The summed E-state index contributed by atoms with van der Waals surface area (Å²) in [5, 5.41) is 2.75. The highest BCUT2D eigenvalue weighted by Gasteiger charge is 2.27. The maximum Gasteiger partial charge on any atom is 0.231 e. The number of ether oxygens (including phenoxy) is 2. The molecule has 0 saturated carbocycles. The molecule has 0 saturated heterocycles. The van der Waals surface area contributed by atoms with E-state index in [1.54, 1.807) is 0 Å². The fourth-order valence-corrected chi connectivity index (χ4v) is 1.65. The molecule has 4 nitrogen and oxygen atoms in total. The molecule has 0 fully saturated rings. The van der Waals surface area contributed by atoms with Crippen LogP contribution in [0.4, 0.5) is 5.69 Å². The van der Waals surface area contributed by atoms with E-state index in [4.69, 9.17) is 9.47 Å². The molecule has 0 spiro atoms. The number of carbonyl (C=O) groups is 1. The first-order valence-electron chi connectivity index (χ1n) is 4.06. The van der Waals surface area contributed by atoms with E-state index in [-0.39, 0.29) is 12.7 Å². The van der Waals surface area contributed by atoms with E-state index in [9.17, 15) is 4.79 Å². The van der Waals surface area contributed by atoms with Crippen molar-refractivity contribution in [3.05, 3.63) is 17.7 Å². The van der Waals surface area contributed by atoms with E-state index in [2.05, 4.69) is 5.32 Å². The lowest BCUT2D eigenvalue weighted by molar-refractivity contribution is -0.115. The predicted molar refractivity (Wildman–Crippen MR) is 44.9 cm³/mol. The zero-order valence-corrected chi connectivity index (χ0v) is 6.79. The number of hydrogen-bond donors (Lipinski definition) is 1. The van der Waals surface area contributed by atoms with Gasteiger partial charge in [-0.25, -0.2) is 0 Å². The van der Waals surface area contributed by atoms with Crippen molar-refractivity contribution in [2.24, 2.45) is 0 Å². The number of rotatable bonds is 0. The van der Waals surface area contributed by atoms with Crippen molar-refractivity contribution in [2.45, 2.75) is 6.42 Å². The normalized spacial score (nSPS) is 17.1. The number of carbonyl (C=O) groups excluding carboxylic acids is 1. The molecule has 0 aliphatic carbocycles. The summed E-state index contributed by atoms with van der Waals surface area (Å²) in [4.78, 5) is 11.1. The first kappa shape index (κ1) is 6.77. The molecule has 0 unspecified atom stereocenters. The Balaban J connectivity index is 2.21. The maximum absolute atomic E-state index is 11.1. The maximum atomic E-state index is 11.1. The molecule has 13 heavy (non-hydrogen) atoms. The predicted octanol–water partition coefficient (Wildman–Crippen LogP) is 0.910. The number of nitrogens with one attached hydrogen (secondary N) is 1. The number of hydrogen-bond acceptors (Lipinski definition) is 3. The van der Waals surface area contributed by atoms with Crippen LogP contribution in [-0.2, 0) is 11.2 Å². The van der Waals surface area contributed by atoms with Gasteiger partial charge in [0.05, 0.1) is 12.1 Å². The van der Waals surface area contributed by atoms with Crippen LogP contribution >= 0.6 is 0 Å². The number of fused-ring (bicyclic) bond motifs is 3. The largest absolute Gasteiger partial charge is 0.454 e. The average Bonchev–Trinajstić information content (AvgIpc) is 2.65. The molecule has 1 N–H and O–H groups in total. The van der Waals surface area contributed by atoms with Gasteiger partial charge < -0.3 is 14.8 Å². The molecule has 1 aromatic rings. The Morgan fingerprint density at radius 3 is 3.15 bits per heavy atom. The molecule has 2 aliphatic heterocycles. The molecule has 0 bridgehead atoms. The van der Waals surface area contributed by atoms with Gasteiger partial charge in [-0.3, -0.25) is 4.79 Å². The van der Waals surface area contributed by atoms with Crippen LogP contribution in [0.5, 0.6) is 11.5 Å². The van der Waals surface area contributed by atoms with Crippen LogP contribution in [0.2, 0.25) is 0 Å². The van der Waals surface area contributed by atoms with Gasteiger partial charge in [0, 0.05) is 0 Å². The second-order valence-corrected chi connectivity index (χ2v) is 3.06. The molecule has 0 atom stereocenters. The standard InChI is InChI=1S/C9H7NO3/c11-7-3-5-1-2-6-9(8(5)10-7)13-4-12-6/h1-2H,3-4H2,(H,10,11). The van der Waals surface area contributed by atoms with E-state index in [1.165, 1.54) is 0 Å². The van der Waals surface area contributed by atoms with Gasteiger partial charge in [0.1, 0.15) is 0 Å². The van der Waals surface area contributed by atoms with Crippen molar-refractivity contribution in [3.8, 4) is 11.5 Å². The zero-order chi connectivity index (χ0) is 8.84. The van der Waals surface area contributed by atoms with Crippen LogP contribution in [0.15, 0.2) is 12.1 Å². The van der Waals surface area contributed by atoms with Crippen molar-refractivity contribution in [1.82, 2.24) is 0 Å². The second-order valence-electron chi connectivity index (χ2n) is 3.06. The lowest BCUT2D eigenvalue weighted by Gasteiger charge is -2.02. The third-order valence-electron chi connectivity index (χ3n) is 2.24. The molecule has 66 valence electrons. The molecule has 1 aromatic carbocycles. The molecule has 2 heterocycles. The summed E-state index contributed by atoms with van der Waals surface area (Å²) in [6, 6.07) is 3.72. The van der Waals surface area contributed by atoms with Gasteiger partial charge in [0.2, 0.25) is 12.7 Å². The van der Waals surface area contributed by atoms with E-state index < -0.39 is 0 Å². The first-order chi connectivity index (χ1) is 6.34. The molecule has 3 rings (SSSR count).